The van der Waals surface area contributed by atoms with E-state index in [1.165, 1.54) is 12.1 Å². The highest BCUT2D eigenvalue weighted by atomic mass is 16.4. The maximum atomic E-state index is 13.0. The summed E-state index contributed by atoms with van der Waals surface area (Å²) in [6.45, 7) is 3.89. The summed E-state index contributed by atoms with van der Waals surface area (Å²) < 4.78 is 12.2. The Morgan fingerprint density at radius 1 is 0.939 bits per heavy atom. The zero-order chi connectivity index (χ0) is 23.3. The second-order valence-corrected chi connectivity index (χ2v) is 8.11. The number of carbonyl (C=O) groups is 1. The van der Waals surface area contributed by atoms with Crippen molar-refractivity contribution in [2.24, 2.45) is 0 Å². The molecule has 5 aromatic rings. The van der Waals surface area contributed by atoms with Crippen LogP contribution >= 0.6 is 0 Å². The summed E-state index contributed by atoms with van der Waals surface area (Å²) >= 11 is 0. The molecule has 0 atom stereocenters. The van der Waals surface area contributed by atoms with E-state index in [1.807, 2.05) is 50.2 Å². The van der Waals surface area contributed by atoms with E-state index in [2.05, 4.69) is 0 Å². The van der Waals surface area contributed by atoms with Gasteiger partial charge in [-0.2, -0.15) is 0 Å². The van der Waals surface area contributed by atoms with Crippen molar-refractivity contribution in [3.05, 3.63) is 87.6 Å². The molecule has 164 valence electrons. The first-order valence-electron chi connectivity index (χ1n) is 10.4. The number of carboxylic acids is 1. The highest BCUT2D eigenvalue weighted by molar-refractivity contribution is 6.10. The van der Waals surface area contributed by atoms with E-state index in [1.54, 1.807) is 12.1 Å². The van der Waals surface area contributed by atoms with E-state index in [0.29, 0.717) is 28.0 Å². The van der Waals surface area contributed by atoms with E-state index in [4.69, 9.17) is 8.83 Å². The van der Waals surface area contributed by atoms with Gasteiger partial charge in [0.25, 0.3) is 0 Å². The van der Waals surface area contributed by atoms with E-state index in [9.17, 15) is 19.8 Å². The number of fused-ring (bicyclic) bond motifs is 3. The molecule has 0 aliphatic heterocycles. The predicted octanol–water partition coefficient (Wildman–Crippen LogP) is 5.82. The minimum atomic E-state index is -1.05. The standard InChI is InChI=1S/C27H20O6/c1-14-8-9-17(15(2)10-14)26-18(11-23(30)31)24-22(33-26)13-20(29)25-19(28)12-21(32-27(24)25)16-6-4-3-5-7-16/h3-10,12-13,29H,11H2,1-2H3,(H,30,31). The van der Waals surface area contributed by atoms with Gasteiger partial charge in [-0.1, -0.05) is 54.1 Å². The van der Waals surface area contributed by atoms with Gasteiger partial charge < -0.3 is 19.0 Å². The smallest absolute Gasteiger partial charge is 0.307 e. The highest BCUT2D eigenvalue weighted by Crippen LogP contribution is 2.42. The monoisotopic (exact) mass is 440 g/mol. The summed E-state index contributed by atoms with van der Waals surface area (Å²) in [5, 5.41) is 20.6. The van der Waals surface area contributed by atoms with Crippen LogP contribution in [0.15, 0.2) is 74.3 Å². The molecular weight excluding hydrogens is 420 g/mol. The Morgan fingerprint density at radius 2 is 1.70 bits per heavy atom. The zero-order valence-electron chi connectivity index (χ0n) is 18.0. The van der Waals surface area contributed by atoms with Crippen LogP contribution in [0.2, 0.25) is 0 Å². The van der Waals surface area contributed by atoms with Gasteiger partial charge in [0.1, 0.15) is 28.2 Å². The number of aliphatic carboxylic acids is 1. The lowest BCUT2D eigenvalue weighted by molar-refractivity contribution is -0.136. The number of phenols is 1. The van der Waals surface area contributed by atoms with Crippen molar-refractivity contribution in [3.8, 4) is 28.4 Å². The summed E-state index contributed by atoms with van der Waals surface area (Å²) in [7, 11) is 0. The molecule has 0 saturated carbocycles. The molecule has 5 rings (SSSR count). The Balaban J connectivity index is 1.92. The number of rotatable bonds is 4. The fourth-order valence-corrected chi connectivity index (χ4v) is 4.29. The van der Waals surface area contributed by atoms with Crippen molar-refractivity contribution in [1.82, 2.24) is 0 Å². The molecule has 0 radical (unpaired) electrons. The maximum absolute atomic E-state index is 13.0. The van der Waals surface area contributed by atoms with Crippen molar-refractivity contribution < 1.29 is 23.8 Å². The normalized spacial score (nSPS) is 11.3. The molecule has 0 amide bonds. The lowest BCUT2D eigenvalue weighted by Gasteiger charge is -2.07. The van der Waals surface area contributed by atoms with E-state index < -0.39 is 11.4 Å². The average molecular weight is 440 g/mol. The van der Waals surface area contributed by atoms with Crippen LogP contribution in [0.25, 0.3) is 44.6 Å². The van der Waals surface area contributed by atoms with Crippen LogP contribution in [0, 0.1) is 13.8 Å². The van der Waals surface area contributed by atoms with Gasteiger partial charge in [-0.05, 0) is 19.4 Å². The van der Waals surface area contributed by atoms with E-state index >= 15 is 0 Å². The zero-order valence-corrected chi connectivity index (χ0v) is 18.0. The fraction of sp³-hybridized carbons (Fsp3) is 0.111. The van der Waals surface area contributed by atoms with Crippen LogP contribution in [0.3, 0.4) is 0 Å². The van der Waals surface area contributed by atoms with Crippen molar-refractivity contribution in [2.75, 3.05) is 0 Å². The molecule has 0 bridgehead atoms. The Bertz CT molecular complexity index is 1610. The Labute approximate surface area is 188 Å². The molecule has 2 N–H and O–H groups in total. The molecule has 0 aliphatic rings. The van der Waals surface area contributed by atoms with Crippen LogP contribution in [-0.2, 0) is 11.2 Å². The molecular formula is C27H20O6. The number of furan rings is 1. The molecule has 0 spiro atoms. The van der Waals surface area contributed by atoms with Gasteiger partial charge in [0, 0.05) is 28.8 Å². The lowest BCUT2D eigenvalue weighted by Crippen LogP contribution is -2.03. The molecule has 3 aromatic carbocycles. The Morgan fingerprint density at radius 3 is 2.39 bits per heavy atom. The van der Waals surface area contributed by atoms with Gasteiger partial charge in [-0.25, -0.2) is 0 Å². The molecule has 0 saturated heterocycles. The first kappa shape index (κ1) is 20.6. The minimum absolute atomic E-state index is 0.0122. The summed E-state index contributed by atoms with van der Waals surface area (Å²) in [5.41, 5.74) is 3.72. The van der Waals surface area contributed by atoms with Crippen molar-refractivity contribution in [1.29, 1.82) is 0 Å². The number of carboxylic acid groups (broad SMARTS) is 1. The van der Waals surface area contributed by atoms with Crippen molar-refractivity contribution >= 4 is 27.9 Å². The van der Waals surface area contributed by atoms with Crippen molar-refractivity contribution in [3.63, 3.8) is 0 Å². The minimum Gasteiger partial charge on any atom is -0.507 e. The van der Waals surface area contributed by atoms with Crippen LogP contribution in [0.5, 0.6) is 5.75 Å². The maximum Gasteiger partial charge on any atom is 0.307 e. The second-order valence-electron chi connectivity index (χ2n) is 8.11. The SMILES string of the molecule is Cc1ccc(-c2oc3cc(O)c4c(=O)cc(-c5ccccc5)oc4c3c2CC(=O)O)c(C)c1. The third kappa shape index (κ3) is 3.46. The van der Waals surface area contributed by atoms with Crippen LogP contribution in [-0.4, -0.2) is 16.2 Å². The number of hydrogen-bond acceptors (Lipinski definition) is 5. The fourth-order valence-electron chi connectivity index (χ4n) is 4.29. The molecule has 0 aliphatic carbocycles. The summed E-state index contributed by atoms with van der Waals surface area (Å²) in [6, 6.07) is 17.6. The first-order valence-corrected chi connectivity index (χ1v) is 10.4. The number of aromatic hydroxyl groups is 1. The van der Waals surface area contributed by atoms with Crippen LogP contribution in [0.1, 0.15) is 16.7 Å². The molecule has 6 nitrogen and oxygen atoms in total. The largest absolute Gasteiger partial charge is 0.507 e. The molecule has 2 aromatic heterocycles. The Hall–Kier alpha value is -4.32. The number of benzene rings is 3. The van der Waals surface area contributed by atoms with Crippen molar-refractivity contribution in [2.45, 2.75) is 20.3 Å². The van der Waals surface area contributed by atoms with Gasteiger partial charge in [0.15, 0.2) is 11.0 Å². The van der Waals surface area contributed by atoms with Crippen LogP contribution < -0.4 is 5.43 Å². The summed E-state index contributed by atoms with van der Waals surface area (Å²) in [6.07, 6.45) is -0.338. The third-order valence-electron chi connectivity index (χ3n) is 5.75. The van der Waals surface area contributed by atoms with Crippen LogP contribution in [0.4, 0.5) is 0 Å². The van der Waals surface area contributed by atoms with Gasteiger partial charge >= 0.3 is 5.97 Å². The summed E-state index contributed by atoms with van der Waals surface area (Å²) in [5.74, 6) is -0.639. The quantitative estimate of drug-likeness (QED) is 0.365. The lowest BCUT2D eigenvalue weighted by atomic mass is 9.97. The predicted molar refractivity (Wildman–Crippen MR) is 126 cm³/mol. The van der Waals surface area contributed by atoms with Gasteiger partial charge in [-0.15, -0.1) is 0 Å². The Kier molecular flexibility index (Phi) is 4.78. The molecule has 33 heavy (non-hydrogen) atoms. The number of aryl methyl sites for hydroxylation is 2. The van der Waals surface area contributed by atoms with Gasteiger partial charge in [-0.3, -0.25) is 9.59 Å². The number of hydrogen-bond donors (Lipinski definition) is 2. The number of phenolic OH excluding ortho intramolecular Hbond substituents is 1. The van der Waals surface area contributed by atoms with E-state index in [-0.39, 0.29) is 28.7 Å². The highest BCUT2D eigenvalue weighted by Gasteiger charge is 2.25. The third-order valence-corrected chi connectivity index (χ3v) is 5.75. The second kappa shape index (κ2) is 7.67. The van der Waals surface area contributed by atoms with Gasteiger partial charge in [0.05, 0.1) is 11.8 Å². The topological polar surface area (TPSA) is 101 Å². The molecule has 2 heterocycles. The molecule has 6 heteroatoms. The molecule has 0 fully saturated rings. The summed E-state index contributed by atoms with van der Waals surface area (Å²) in [4.78, 5) is 24.8. The average Bonchev–Trinajstić information content (AvgIpc) is 3.11. The first-order chi connectivity index (χ1) is 15.8. The van der Waals surface area contributed by atoms with Gasteiger partial charge in [0.2, 0.25) is 0 Å². The molecule has 0 unspecified atom stereocenters. The van der Waals surface area contributed by atoms with E-state index in [0.717, 1.165) is 16.7 Å².